The lowest BCUT2D eigenvalue weighted by molar-refractivity contribution is 0.572. The minimum absolute atomic E-state index is 0.0868. The first-order chi connectivity index (χ1) is 12.2. The molecule has 0 saturated heterocycles. The van der Waals surface area contributed by atoms with Gasteiger partial charge in [0.2, 0.25) is 0 Å². The molecule has 3 aromatic rings. The van der Waals surface area contributed by atoms with Crippen LogP contribution in [0.5, 0.6) is 0 Å². The number of sulfonamides is 1. The Labute approximate surface area is 155 Å². The molecule has 0 aliphatic heterocycles. The molecular formula is C16H13ClN2O5S2. The summed E-state index contributed by atoms with van der Waals surface area (Å²) in [6, 6.07) is 10.00. The predicted molar refractivity (Wildman–Crippen MR) is 97.3 cm³/mol. The predicted octanol–water partition coefficient (Wildman–Crippen LogP) is 3.20. The van der Waals surface area contributed by atoms with Crippen molar-refractivity contribution in [2.45, 2.75) is 9.79 Å². The number of oxazole rings is 1. The second kappa shape index (κ2) is 6.75. The number of hydrogen-bond donors (Lipinski definition) is 1. The number of sulfone groups is 1. The van der Waals surface area contributed by atoms with E-state index in [2.05, 4.69) is 9.71 Å². The summed E-state index contributed by atoms with van der Waals surface area (Å²) in [5, 5.41) is -0.0868. The molecule has 0 aliphatic rings. The Kier molecular flexibility index (Phi) is 4.78. The Morgan fingerprint density at radius 1 is 1.08 bits per heavy atom. The molecule has 7 nitrogen and oxygen atoms in total. The highest BCUT2D eigenvalue weighted by Crippen LogP contribution is 2.28. The molecule has 2 aromatic carbocycles. The molecule has 1 heterocycles. The third-order valence-electron chi connectivity index (χ3n) is 3.45. The van der Waals surface area contributed by atoms with Gasteiger partial charge in [0, 0.05) is 17.5 Å². The van der Waals surface area contributed by atoms with Crippen LogP contribution in [-0.4, -0.2) is 28.1 Å². The molecule has 0 fully saturated rings. The number of anilines is 1. The second-order valence-electron chi connectivity index (χ2n) is 5.42. The fourth-order valence-electron chi connectivity index (χ4n) is 2.22. The van der Waals surface area contributed by atoms with E-state index in [1.807, 2.05) is 0 Å². The van der Waals surface area contributed by atoms with E-state index < -0.39 is 19.9 Å². The van der Waals surface area contributed by atoms with Crippen LogP contribution in [0, 0.1) is 0 Å². The fourth-order valence-corrected chi connectivity index (χ4v) is 4.52. The van der Waals surface area contributed by atoms with Crippen LogP contribution in [0.25, 0.3) is 11.3 Å². The summed E-state index contributed by atoms with van der Waals surface area (Å²) in [4.78, 5) is 3.35. The maximum atomic E-state index is 12.7. The van der Waals surface area contributed by atoms with Gasteiger partial charge in [-0.1, -0.05) is 23.7 Å². The molecule has 26 heavy (non-hydrogen) atoms. The van der Waals surface area contributed by atoms with Gasteiger partial charge in [0.15, 0.2) is 22.0 Å². The Morgan fingerprint density at radius 2 is 1.85 bits per heavy atom. The number of nitrogens with zero attached hydrogens (tertiary/aromatic N) is 1. The van der Waals surface area contributed by atoms with E-state index in [9.17, 15) is 16.8 Å². The molecule has 0 aliphatic carbocycles. The third kappa shape index (κ3) is 3.90. The van der Waals surface area contributed by atoms with Crippen molar-refractivity contribution in [1.82, 2.24) is 4.98 Å². The number of aromatic nitrogens is 1. The minimum atomic E-state index is -4.10. The van der Waals surface area contributed by atoms with Gasteiger partial charge in [-0.25, -0.2) is 21.8 Å². The quantitative estimate of drug-likeness (QED) is 0.689. The summed E-state index contributed by atoms with van der Waals surface area (Å²) in [5.41, 5.74) is 0.887. The van der Waals surface area contributed by atoms with Crippen LogP contribution in [0.4, 0.5) is 5.69 Å². The number of halogens is 1. The van der Waals surface area contributed by atoms with Crippen LogP contribution in [0.2, 0.25) is 5.02 Å². The van der Waals surface area contributed by atoms with E-state index in [1.54, 1.807) is 24.3 Å². The highest BCUT2D eigenvalue weighted by molar-refractivity contribution is 7.93. The Morgan fingerprint density at radius 3 is 2.50 bits per heavy atom. The van der Waals surface area contributed by atoms with Crippen molar-refractivity contribution in [3.63, 3.8) is 0 Å². The highest BCUT2D eigenvalue weighted by atomic mass is 35.5. The van der Waals surface area contributed by atoms with Crippen molar-refractivity contribution in [3.05, 3.63) is 60.1 Å². The number of rotatable bonds is 5. The smallest absolute Gasteiger partial charge is 0.263 e. The summed E-state index contributed by atoms with van der Waals surface area (Å²) < 4.78 is 56.3. The minimum Gasteiger partial charge on any atom is -0.444 e. The van der Waals surface area contributed by atoms with Crippen LogP contribution in [0.15, 0.2) is 69.3 Å². The summed E-state index contributed by atoms with van der Waals surface area (Å²) in [5.74, 6) is 0.475. The van der Waals surface area contributed by atoms with E-state index in [0.717, 1.165) is 12.3 Å². The standard InChI is InChI=1S/C16H13ClN2O5S2/c1-25(20,21)13-5-6-14(17)16(8-13)26(22,23)19-12-4-2-3-11(7-12)15-9-18-10-24-15/h2-10,19H,1H3. The first kappa shape index (κ1) is 18.4. The molecule has 0 bridgehead atoms. The average Bonchev–Trinajstić information content (AvgIpc) is 3.08. The van der Waals surface area contributed by atoms with Crippen molar-refractivity contribution in [2.75, 3.05) is 11.0 Å². The zero-order valence-electron chi connectivity index (χ0n) is 13.4. The summed E-state index contributed by atoms with van der Waals surface area (Å²) >= 11 is 5.97. The van der Waals surface area contributed by atoms with E-state index >= 15 is 0 Å². The van der Waals surface area contributed by atoms with Crippen LogP contribution in [0.1, 0.15) is 0 Å². The largest absolute Gasteiger partial charge is 0.444 e. The van der Waals surface area contributed by atoms with Gasteiger partial charge in [-0.3, -0.25) is 4.72 Å². The topological polar surface area (TPSA) is 106 Å². The first-order valence-electron chi connectivity index (χ1n) is 7.18. The molecule has 0 atom stereocenters. The Hall–Kier alpha value is -2.36. The highest BCUT2D eigenvalue weighted by Gasteiger charge is 2.21. The van der Waals surface area contributed by atoms with Gasteiger partial charge in [0.25, 0.3) is 10.0 Å². The Balaban J connectivity index is 1.99. The van der Waals surface area contributed by atoms with Crippen molar-refractivity contribution in [1.29, 1.82) is 0 Å². The Bertz CT molecular complexity index is 1160. The number of benzene rings is 2. The number of nitrogens with one attached hydrogen (secondary N) is 1. The molecular weight excluding hydrogens is 400 g/mol. The first-order valence-corrected chi connectivity index (χ1v) is 10.9. The van der Waals surface area contributed by atoms with Gasteiger partial charge in [-0.05, 0) is 30.3 Å². The molecule has 0 amide bonds. The third-order valence-corrected chi connectivity index (χ3v) is 6.43. The lowest BCUT2D eigenvalue weighted by atomic mass is 10.2. The van der Waals surface area contributed by atoms with Crippen LogP contribution < -0.4 is 4.72 Å². The molecule has 136 valence electrons. The van der Waals surface area contributed by atoms with Crippen LogP contribution >= 0.6 is 11.6 Å². The molecule has 3 rings (SSSR count). The van der Waals surface area contributed by atoms with Crippen molar-refractivity contribution in [2.24, 2.45) is 0 Å². The molecule has 1 N–H and O–H groups in total. The maximum absolute atomic E-state index is 12.7. The summed E-state index contributed by atoms with van der Waals surface area (Å²) in [6.45, 7) is 0. The zero-order valence-corrected chi connectivity index (χ0v) is 15.8. The summed E-state index contributed by atoms with van der Waals surface area (Å²) in [7, 11) is -7.69. The molecule has 0 unspecified atom stereocenters. The van der Waals surface area contributed by atoms with Gasteiger partial charge in [-0.2, -0.15) is 0 Å². The normalized spacial score (nSPS) is 12.1. The SMILES string of the molecule is CS(=O)(=O)c1ccc(Cl)c(S(=O)(=O)Nc2cccc(-c3cnco3)c2)c1. The lowest BCUT2D eigenvalue weighted by Crippen LogP contribution is -2.14. The van der Waals surface area contributed by atoms with Gasteiger partial charge >= 0.3 is 0 Å². The average molecular weight is 413 g/mol. The van der Waals surface area contributed by atoms with Crippen LogP contribution in [-0.2, 0) is 19.9 Å². The van der Waals surface area contributed by atoms with Gasteiger partial charge < -0.3 is 4.42 Å². The maximum Gasteiger partial charge on any atom is 0.263 e. The van der Waals surface area contributed by atoms with Crippen molar-refractivity contribution in [3.8, 4) is 11.3 Å². The van der Waals surface area contributed by atoms with Gasteiger partial charge in [-0.15, -0.1) is 0 Å². The monoisotopic (exact) mass is 412 g/mol. The fraction of sp³-hybridized carbons (Fsp3) is 0.0625. The molecule has 0 spiro atoms. The second-order valence-corrected chi connectivity index (χ2v) is 9.49. The lowest BCUT2D eigenvalue weighted by Gasteiger charge is -2.11. The van der Waals surface area contributed by atoms with E-state index in [0.29, 0.717) is 11.3 Å². The number of hydrogen-bond acceptors (Lipinski definition) is 6. The van der Waals surface area contributed by atoms with E-state index in [4.69, 9.17) is 16.0 Å². The van der Waals surface area contributed by atoms with Crippen molar-refractivity contribution >= 4 is 37.1 Å². The molecule has 1 aromatic heterocycles. The molecule has 0 radical (unpaired) electrons. The van der Waals surface area contributed by atoms with E-state index in [-0.39, 0.29) is 20.5 Å². The molecule has 10 heteroatoms. The van der Waals surface area contributed by atoms with Gasteiger partial charge in [0.05, 0.1) is 16.1 Å². The van der Waals surface area contributed by atoms with Gasteiger partial charge in [0.1, 0.15) is 4.90 Å². The van der Waals surface area contributed by atoms with E-state index in [1.165, 1.54) is 24.7 Å². The summed E-state index contributed by atoms with van der Waals surface area (Å²) in [6.07, 6.45) is 3.75. The molecule has 0 saturated carbocycles. The van der Waals surface area contributed by atoms with Crippen molar-refractivity contribution < 1.29 is 21.3 Å². The zero-order chi connectivity index (χ0) is 18.9. The van der Waals surface area contributed by atoms with Crippen LogP contribution in [0.3, 0.4) is 0 Å².